The van der Waals surface area contributed by atoms with Gasteiger partial charge in [0.05, 0.1) is 11.3 Å². The smallest absolute Gasteiger partial charge is 0.340 e. The average Bonchev–Trinajstić information content (AvgIpc) is 2.06. The zero-order valence-electron chi connectivity index (χ0n) is 9.07. The fourth-order valence-corrected chi connectivity index (χ4v) is 0.941. The maximum Gasteiger partial charge on any atom is 0.340 e. The Hall–Kier alpha value is -1.78. The summed E-state index contributed by atoms with van der Waals surface area (Å²) in [6.45, 7) is 5.37. The first-order chi connectivity index (χ1) is 6.79. The van der Waals surface area contributed by atoms with Crippen molar-refractivity contribution in [2.75, 3.05) is 11.5 Å². The highest BCUT2D eigenvalue weighted by atomic mass is 16.6. The van der Waals surface area contributed by atoms with Crippen molar-refractivity contribution < 1.29 is 9.53 Å². The highest BCUT2D eigenvalue weighted by Crippen LogP contribution is 2.16. The molecule has 1 aromatic heterocycles. The third kappa shape index (κ3) is 3.12. The van der Waals surface area contributed by atoms with Gasteiger partial charge >= 0.3 is 5.97 Å². The second-order valence-electron chi connectivity index (χ2n) is 4.20. The van der Waals surface area contributed by atoms with Crippen molar-refractivity contribution in [1.29, 1.82) is 0 Å². The first-order valence-electron chi connectivity index (χ1n) is 4.54. The van der Waals surface area contributed by atoms with Crippen LogP contribution in [0.15, 0.2) is 12.3 Å². The molecule has 1 aromatic rings. The predicted molar refractivity (Wildman–Crippen MR) is 58.2 cm³/mol. The lowest BCUT2D eigenvalue weighted by molar-refractivity contribution is 0.00692. The number of hydrogen-bond donors (Lipinski definition) is 2. The van der Waals surface area contributed by atoms with Gasteiger partial charge in [-0.05, 0) is 26.8 Å². The van der Waals surface area contributed by atoms with Crippen molar-refractivity contribution in [2.24, 2.45) is 0 Å². The summed E-state index contributed by atoms with van der Waals surface area (Å²) in [5.41, 5.74) is 11.0. The van der Waals surface area contributed by atoms with E-state index in [0.29, 0.717) is 5.56 Å². The van der Waals surface area contributed by atoms with Crippen LogP contribution in [0.1, 0.15) is 31.1 Å². The standard InChI is InChI=1S/C10H15N3O2/c1-10(2,3)15-9(14)6-4-7(11)8(12)13-5-6/h4-5H,11H2,1-3H3,(H2,12,13). The van der Waals surface area contributed by atoms with E-state index in [1.807, 2.05) is 0 Å². The Labute approximate surface area is 88.4 Å². The molecule has 0 bridgehead atoms. The molecule has 82 valence electrons. The normalized spacial score (nSPS) is 11.1. The summed E-state index contributed by atoms with van der Waals surface area (Å²) >= 11 is 0. The van der Waals surface area contributed by atoms with Crippen molar-refractivity contribution in [1.82, 2.24) is 4.98 Å². The zero-order chi connectivity index (χ0) is 11.6. The molecule has 4 N–H and O–H groups in total. The Bertz CT molecular complexity index is 383. The molecule has 5 heteroatoms. The Morgan fingerprint density at radius 3 is 2.47 bits per heavy atom. The fraction of sp³-hybridized carbons (Fsp3) is 0.400. The number of carbonyl (C=O) groups excluding carboxylic acids is 1. The molecule has 1 rings (SSSR count). The minimum absolute atomic E-state index is 0.210. The van der Waals surface area contributed by atoms with Crippen LogP contribution in [-0.2, 0) is 4.74 Å². The molecule has 0 radical (unpaired) electrons. The summed E-state index contributed by atoms with van der Waals surface area (Å²) in [4.78, 5) is 15.3. The van der Waals surface area contributed by atoms with E-state index in [1.165, 1.54) is 12.3 Å². The number of ether oxygens (including phenoxy) is 1. The Morgan fingerprint density at radius 2 is 2.00 bits per heavy atom. The van der Waals surface area contributed by atoms with Gasteiger partial charge in [0.2, 0.25) is 0 Å². The molecule has 0 saturated carbocycles. The van der Waals surface area contributed by atoms with E-state index < -0.39 is 11.6 Å². The van der Waals surface area contributed by atoms with Gasteiger partial charge in [-0.2, -0.15) is 0 Å². The first-order valence-corrected chi connectivity index (χ1v) is 4.54. The zero-order valence-corrected chi connectivity index (χ0v) is 9.07. The van der Waals surface area contributed by atoms with Crippen LogP contribution < -0.4 is 11.5 Å². The lowest BCUT2D eigenvalue weighted by Crippen LogP contribution is -2.24. The summed E-state index contributed by atoms with van der Waals surface area (Å²) in [6.07, 6.45) is 1.35. The number of anilines is 2. The fourth-order valence-electron chi connectivity index (χ4n) is 0.941. The molecule has 5 nitrogen and oxygen atoms in total. The lowest BCUT2D eigenvalue weighted by atomic mass is 10.2. The molecule has 0 fully saturated rings. The Kier molecular flexibility index (Phi) is 2.83. The van der Waals surface area contributed by atoms with Crippen molar-refractivity contribution in [3.8, 4) is 0 Å². The molecule has 0 aliphatic heterocycles. The van der Waals surface area contributed by atoms with Gasteiger partial charge in [-0.3, -0.25) is 0 Å². The van der Waals surface area contributed by atoms with Gasteiger partial charge in [0.25, 0.3) is 0 Å². The summed E-state index contributed by atoms with van der Waals surface area (Å²) in [5, 5.41) is 0. The van der Waals surface area contributed by atoms with Crippen LogP contribution >= 0.6 is 0 Å². The van der Waals surface area contributed by atoms with Gasteiger partial charge in [-0.1, -0.05) is 0 Å². The number of esters is 1. The summed E-state index contributed by atoms with van der Waals surface area (Å²) in [6, 6.07) is 1.45. The highest BCUT2D eigenvalue weighted by Gasteiger charge is 2.18. The molecule has 0 unspecified atom stereocenters. The van der Waals surface area contributed by atoms with E-state index in [0.717, 1.165) is 0 Å². The van der Waals surface area contributed by atoms with Gasteiger partial charge in [-0.15, -0.1) is 0 Å². The highest BCUT2D eigenvalue weighted by molar-refractivity contribution is 5.91. The molecule has 0 amide bonds. The van der Waals surface area contributed by atoms with E-state index in [1.54, 1.807) is 20.8 Å². The maximum atomic E-state index is 11.6. The molecular weight excluding hydrogens is 194 g/mol. The summed E-state index contributed by atoms with van der Waals surface area (Å²) in [7, 11) is 0. The number of carbonyl (C=O) groups is 1. The van der Waals surface area contributed by atoms with Gasteiger partial charge in [0.1, 0.15) is 11.4 Å². The third-order valence-electron chi connectivity index (χ3n) is 1.58. The second-order valence-corrected chi connectivity index (χ2v) is 4.20. The number of aromatic nitrogens is 1. The van der Waals surface area contributed by atoms with Crippen molar-refractivity contribution in [3.63, 3.8) is 0 Å². The molecule has 0 saturated heterocycles. The predicted octanol–water partition coefficient (Wildman–Crippen LogP) is 1.20. The number of nitrogens with zero attached hydrogens (tertiary/aromatic N) is 1. The number of pyridine rings is 1. The Balaban J connectivity index is 2.88. The first kappa shape index (κ1) is 11.3. The quantitative estimate of drug-likeness (QED) is 0.678. The van der Waals surface area contributed by atoms with Crippen LogP contribution in [0.4, 0.5) is 11.5 Å². The van der Waals surface area contributed by atoms with E-state index >= 15 is 0 Å². The minimum atomic E-state index is -0.534. The molecular formula is C10H15N3O2. The summed E-state index contributed by atoms with van der Waals surface area (Å²) in [5.74, 6) is -0.246. The van der Waals surface area contributed by atoms with Crippen LogP contribution in [0.2, 0.25) is 0 Å². The Morgan fingerprint density at radius 1 is 1.40 bits per heavy atom. The van der Waals surface area contributed by atoms with Crippen LogP contribution in [0.25, 0.3) is 0 Å². The second kappa shape index (κ2) is 3.76. The molecule has 0 aromatic carbocycles. The SMILES string of the molecule is CC(C)(C)OC(=O)c1cnc(N)c(N)c1. The van der Waals surface area contributed by atoms with Gasteiger partial charge < -0.3 is 16.2 Å². The van der Waals surface area contributed by atoms with Crippen molar-refractivity contribution in [2.45, 2.75) is 26.4 Å². The number of rotatable bonds is 1. The van der Waals surface area contributed by atoms with Gasteiger partial charge in [-0.25, -0.2) is 9.78 Å². The van der Waals surface area contributed by atoms with E-state index in [9.17, 15) is 4.79 Å². The third-order valence-corrected chi connectivity index (χ3v) is 1.58. The molecule has 0 spiro atoms. The van der Waals surface area contributed by atoms with Crippen LogP contribution in [0.3, 0.4) is 0 Å². The largest absolute Gasteiger partial charge is 0.456 e. The maximum absolute atomic E-state index is 11.6. The summed E-state index contributed by atoms with van der Waals surface area (Å²) < 4.78 is 5.14. The van der Waals surface area contributed by atoms with Crippen LogP contribution in [0.5, 0.6) is 0 Å². The average molecular weight is 209 g/mol. The number of nitrogen functional groups attached to an aromatic ring is 2. The molecule has 0 aliphatic carbocycles. The molecule has 1 heterocycles. The number of hydrogen-bond acceptors (Lipinski definition) is 5. The van der Waals surface area contributed by atoms with Crippen molar-refractivity contribution >= 4 is 17.5 Å². The molecule has 15 heavy (non-hydrogen) atoms. The topological polar surface area (TPSA) is 91.2 Å². The minimum Gasteiger partial charge on any atom is -0.456 e. The van der Waals surface area contributed by atoms with Gasteiger partial charge in [0.15, 0.2) is 0 Å². The van der Waals surface area contributed by atoms with E-state index in [4.69, 9.17) is 16.2 Å². The molecule has 0 atom stereocenters. The number of nitrogens with two attached hydrogens (primary N) is 2. The van der Waals surface area contributed by atoms with E-state index in [2.05, 4.69) is 4.98 Å². The van der Waals surface area contributed by atoms with Crippen LogP contribution in [0, 0.1) is 0 Å². The lowest BCUT2D eigenvalue weighted by Gasteiger charge is -2.19. The monoisotopic (exact) mass is 209 g/mol. The van der Waals surface area contributed by atoms with Crippen LogP contribution in [-0.4, -0.2) is 16.6 Å². The van der Waals surface area contributed by atoms with Gasteiger partial charge in [0, 0.05) is 6.20 Å². The van der Waals surface area contributed by atoms with E-state index in [-0.39, 0.29) is 11.5 Å². The van der Waals surface area contributed by atoms with Crippen molar-refractivity contribution in [3.05, 3.63) is 17.8 Å². The molecule has 0 aliphatic rings.